The summed E-state index contributed by atoms with van der Waals surface area (Å²) in [7, 11) is 0. The highest BCUT2D eigenvalue weighted by molar-refractivity contribution is 8.13. The molecule has 150 valence electrons. The van der Waals surface area contributed by atoms with Gasteiger partial charge >= 0.3 is 5.97 Å². The fraction of sp³-hybridized carbons (Fsp3) is 0.400. The second-order valence-corrected chi connectivity index (χ2v) is 7.88. The molecule has 1 aliphatic rings. The fourth-order valence-electron chi connectivity index (χ4n) is 3.19. The molecule has 0 amide bonds. The highest BCUT2D eigenvalue weighted by Crippen LogP contribution is 2.39. The predicted molar refractivity (Wildman–Crippen MR) is 108 cm³/mol. The summed E-state index contributed by atoms with van der Waals surface area (Å²) in [6.45, 7) is 6.87. The predicted octanol–water partition coefficient (Wildman–Crippen LogP) is 3.68. The Bertz CT molecular complexity index is 860. The van der Waals surface area contributed by atoms with E-state index >= 15 is 0 Å². The van der Waals surface area contributed by atoms with Gasteiger partial charge in [0.25, 0.3) is 5.70 Å². The highest BCUT2D eigenvalue weighted by Gasteiger charge is 2.40. The third-order valence-electron chi connectivity index (χ3n) is 4.34. The number of nitrogens with one attached hydrogen (secondary N) is 1. The topological polar surface area (TPSA) is 98.5 Å². The first kappa shape index (κ1) is 21.7. The average molecular weight is 404 g/mol. The van der Waals surface area contributed by atoms with Crippen LogP contribution in [0.3, 0.4) is 0 Å². The van der Waals surface area contributed by atoms with E-state index in [2.05, 4.69) is 5.32 Å². The standard InChI is InChI=1S/C20H24N2O5S/c1-12-7-5-8-16(11-12)18-17(13(2)21-14(3)19(18)22(25)26)20(24)27-9-6-10-28-15(4)23/h5,7-8,11,18,21H,6,9-10H2,1-4H3. The molecular weight excluding hydrogens is 380 g/mol. The molecule has 1 heterocycles. The summed E-state index contributed by atoms with van der Waals surface area (Å²) in [5, 5.41) is 14.7. The smallest absolute Gasteiger partial charge is 0.336 e. The number of carbonyl (C=O) groups is 2. The maximum absolute atomic E-state index is 12.8. The van der Waals surface area contributed by atoms with Crippen molar-refractivity contribution in [3.63, 3.8) is 0 Å². The molecule has 28 heavy (non-hydrogen) atoms. The van der Waals surface area contributed by atoms with Crippen LogP contribution >= 0.6 is 11.8 Å². The zero-order valence-electron chi connectivity index (χ0n) is 16.4. The Labute approximate surface area is 168 Å². The number of rotatable bonds is 7. The Morgan fingerprint density at radius 1 is 1.25 bits per heavy atom. The van der Waals surface area contributed by atoms with E-state index in [9.17, 15) is 19.7 Å². The van der Waals surface area contributed by atoms with Gasteiger partial charge in [-0.3, -0.25) is 14.9 Å². The molecule has 0 fully saturated rings. The maximum atomic E-state index is 12.8. The molecule has 0 saturated carbocycles. The minimum Gasteiger partial charge on any atom is -0.462 e. The average Bonchev–Trinajstić information content (AvgIpc) is 2.59. The Kier molecular flexibility index (Phi) is 7.39. The fourth-order valence-corrected chi connectivity index (χ4v) is 3.74. The molecule has 0 bridgehead atoms. The minimum atomic E-state index is -0.810. The first-order valence-electron chi connectivity index (χ1n) is 8.92. The van der Waals surface area contributed by atoms with Gasteiger partial charge in [0.2, 0.25) is 0 Å². The molecule has 0 aromatic heterocycles. The van der Waals surface area contributed by atoms with Gasteiger partial charge in [0.15, 0.2) is 5.12 Å². The van der Waals surface area contributed by atoms with Gasteiger partial charge < -0.3 is 10.1 Å². The molecule has 0 spiro atoms. The number of allylic oxidation sites excluding steroid dienone is 3. The SMILES string of the molecule is CC(=O)SCCCOC(=O)C1=C(C)NC(C)=C([N+](=O)[O-])C1c1cccc(C)c1. The first-order chi connectivity index (χ1) is 13.2. The van der Waals surface area contributed by atoms with Crippen LogP contribution in [0.25, 0.3) is 0 Å². The van der Waals surface area contributed by atoms with Crippen LogP contribution in [-0.2, 0) is 14.3 Å². The molecule has 1 aliphatic heterocycles. The van der Waals surface area contributed by atoms with Gasteiger partial charge in [-0.2, -0.15) is 0 Å². The van der Waals surface area contributed by atoms with Crippen LogP contribution in [0.4, 0.5) is 0 Å². The molecule has 0 radical (unpaired) electrons. The van der Waals surface area contributed by atoms with Crippen molar-refractivity contribution in [3.8, 4) is 0 Å². The van der Waals surface area contributed by atoms with Gasteiger partial charge in [0.05, 0.1) is 22.8 Å². The largest absolute Gasteiger partial charge is 0.462 e. The molecule has 1 atom stereocenters. The lowest BCUT2D eigenvalue weighted by atomic mass is 9.83. The number of nitro groups is 1. The lowest BCUT2D eigenvalue weighted by Gasteiger charge is -2.26. The number of hydrogen-bond acceptors (Lipinski definition) is 7. The van der Waals surface area contributed by atoms with Crippen LogP contribution in [0, 0.1) is 17.0 Å². The minimum absolute atomic E-state index is 0.0112. The van der Waals surface area contributed by atoms with E-state index in [0.29, 0.717) is 29.1 Å². The first-order valence-corrected chi connectivity index (χ1v) is 9.91. The number of dihydropyridines is 1. The lowest BCUT2D eigenvalue weighted by Crippen LogP contribution is -2.31. The summed E-state index contributed by atoms with van der Waals surface area (Å²) >= 11 is 1.17. The molecular formula is C20H24N2O5S. The van der Waals surface area contributed by atoms with Crippen LogP contribution in [-0.4, -0.2) is 28.4 Å². The lowest BCUT2D eigenvalue weighted by molar-refractivity contribution is -0.431. The van der Waals surface area contributed by atoms with Crippen molar-refractivity contribution in [2.75, 3.05) is 12.4 Å². The molecule has 0 saturated heterocycles. The van der Waals surface area contributed by atoms with Gasteiger partial charge in [-0.1, -0.05) is 41.6 Å². The molecule has 7 nitrogen and oxygen atoms in total. The molecule has 0 aliphatic carbocycles. The summed E-state index contributed by atoms with van der Waals surface area (Å²) < 4.78 is 5.37. The monoisotopic (exact) mass is 404 g/mol. The van der Waals surface area contributed by atoms with E-state index in [0.717, 1.165) is 5.56 Å². The molecule has 1 aromatic carbocycles. The van der Waals surface area contributed by atoms with Crippen molar-refractivity contribution in [2.24, 2.45) is 0 Å². The Balaban J connectivity index is 2.31. The van der Waals surface area contributed by atoms with Crippen LogP contribution < -0.4 is 5.32 Å². The number of nitrogens with zero attached hydrogens (tertiary/aromatic N) is 1. The van der Waals surface area contributed by atoms with Gasteiger partial charge in [-0.05, 0) is 32.8 Å². The Morgan fingerprint density at radius 2 is 1.96 bits per heavy atom. The van der Waals surface area contributed by atoms with E-state index in [1.54, 1.807) is 19.9 Å². The van der Waals surface area contributed by atoms with Gasteiger partial charge in [-0.15, -0.1) is 0 Å². The van der Waals surface area contributed by atoms with Crippen LogP contribution in [0.2, 0.25) is 0 Å². The highest BCUT2D eigenvalue weighted by atomic mass is 32.2. The zero-order chi connectivity index (χ0) is 20.8. The van der Waals surface area contributed by atoms with E-state index in [-0.39, 0.29) is 23.0 Å². The van der Waals surface area contributed by atoms with Crippen molar-refractivity contribution in [3.05, 3.63) is 68.2 Å². The third-order valence-corrected chi connectivity index (χ3v) is 5.24. The van der Waals surface area contributed by atoms with Crippen LogP contribution in [0.1, 0.15) is 44.2 Å². The van der Waals surface area contributed by atoms with Crippen LogP contribution in [0.5, 0.6) is 0 Å². The third kappa shape index (κ3) is 5.22. The number of aryl methyl sites for hydroxylation is 1. The van der Waals surface area contributed by atoms with Gasteiger partial charge in [0.1, 0.15) is 5.92 Å². The zero-order valence-corrected chi connectivity index (χ0v) is 17.2. The molecule has 1 unspecified atom stereocenters. The Morgan fingerprint density at radius 3 is 2.57 bits per heavy atom. The summed E-state index contributed by atoms with van der Waals surface area (Å²) in [6.07, 6.45) is 0.530. The number of esters is 1. The number of thioether (sulfide) groups is 1. The number of benzene rings is 1. The maximum Gasteiger partial charge on any atom is 0.336 e. The number of hydrogen-bond donors (Lipinski definition) is 1. The van der Waals surface area contributed by atoms with E-state index in [1.807, 2.05) is 25.1 Å². The van der Waals surface area contributed by atoms with E-state index < -0.39 is 16.8 Å². The number of carbonyl (C=O) groups excluding carboxylic acids is 2. The summed E-state index contributed by atoms with van der Waals surface area (Å²) in [5.41, 5.74) is 2.74. The van der Waals surface area contributed by atoms with Gasteiger partial charge in [0, 0.05) is 18.4 Å². The second kappa shape index (κ2) is 9.54. The van der Waals surface area contributed by atoms with Crippen molar-refractivity contribution >= 4 is 22.8 Å². The van der Waals surface area contributed by atoms with Crippen molar-refractivity contribution in [2.45, 2.75) is 40.0 Å². The Hall–Kier alpha value is -2.61. The van der Waals surface area contributed by atoms with Crippen molar-refractivity contribution < 1.29 is 19.2 Å². The molecule has 1 N–H and O–H groups in total. The van der Waals surface area contributed by atoms with Crippen molar-refractivity contribution in [1.29, 1.82) is 0 Å². The molecule has 1 aromatic rings. The summed E-state index contributed by atoms with van der Waals surface area (Å²) in [5.74, 6) is -0.842. The van der Waals surface area contributed by atoms with E-state index in [4.69, 9.17) is 4.74 Å². The number of ether oxygens (including phenoxy) is 1. The molecule has 8 heteroatoms. The molecule has 2 rings (SSSR count). The quantitative estimate of drug-likeness (QED) is 0.320. The van der Waals surface area contributed by atoms with Crippen LogP contribution in [0.15, 0.2) is 46.9 Å². The van der Waals surface area contributed by atoms with Gasteiger partial charge in [-0.25, -0.2) is 4.79 Å². The second-order valence-electron chi connectivity index (χ2n) is 6.61. The van der Waals surface area contributed by atoms with Crippen molar-refractivity contribution in [1.82, 2.24) is 5.32 Å². The summed E-state index contributed by atoms with van der Waals surface area (Å²) in [6, 6.07) is 7.34. The summed E-state index contributed by atoms with van der Waals surface area (Å²) in [4.78, 5) is 35.1. The normalized spacial score (nSPS) is 16.6. The van der Waals surface area contributed by atoms with E-state index in [1.165, 1.54) is 18.7 Å².